The van der Waals surface area contributed by atoms with Gasteiger partial charge >= 0.3 is 5.97 Å². The summed E-state index contributed by atoms with van der Waals surface area (Å²) >= 11 is 0. The lowest BCUT2D eigenvalue weighted by atomic mass is 9.76. The monoisotopic (exact) mass is 441 g/mol. The second-order valence-electron chi connectivity index (χ2n) is 8.75. The number of nitrogens with zero attached hydrogens (tertiary/aromatic N) is 2. The van der Waals surface area contributed by atoms with Crippen LogP contribution in [0.15, 0.2) is 0 Å². The number of carboxylic acid groups (broad SMARTS) is 1. The molecule has 0 aliphatic carbocycles. The quantitative estimate of drug-likeness (QED) is 0.516. The molecule has 30 heavy (non-hydrogen) atoms. The number of aromatic nitrogens is 2. The number of carbonyl (C=O) groups excluding carboxylic acids is 1. The molecule has 2 aliphatic rings. The van der Waals surface area contributed by atoms with E-state index in [0.29, 0.717) is 44.7 Å². The summed E-state index contributed by atoms with van der Waals surface area (Å²) in [7, 11) is -2.88. The van der Waals surface area contributed by atoms with Crippen LogP contribution in [0, 0.1) is 5.41 Å². The highest BCUT2D eigenvalue weighted by Crippen LogP contribution is 2.37. The predicted molar refractivity (Wildman–Crippen MR) is 110 cm³/mol. The minimum atomic E-state index is -2.88. The minimum Gasteiger partial charge on any atom is -0.481 e. The molecule has 1 spiro atoms. The summed E-state index contributed by atoms with van der Waals surface area (Å²) in [4.78, 5) is 23.9. The lowest BCUT2D eigenvalue weighted by Gasteiger charge is -2.36. The van der Waals surface area contributed by atoms with E-state index in [1.165, 1.54) is 6.92 Å². The normalized spacial score (nSPS) is 20.4. The zero-order valence-electron chi connectivity index (χ0n) is 17.6. The van der Waals surface area contributed by atoms with Crippen LogP contribution >= 0.6 is 0 Å². The van der Waals surface area contributed by atoms with Crippen LogP contribution in [0.5, 0.6) is 0 Å². The number of aliphatic carboxylic acids is 1. The fourth-order valence-corrected chi connectivity index (χ4v) is 5.14. The maximum atomic E-state index is 12.8. The molecule has 1 saturated heterocycles. The number of carboxylic acids is 1. The van der Waals surface area contributed by atoms with Gasteiger partial charge in [-0.3, -0.25) is 14.3 Å². The maximum Gasteiger partial charge on any atom is 0.304 e. The number of ether oxygens (including phenoxy) is 1. The SMILES string of the molecule is CCc1nn(CCCC(C)(CC(=O)O)[SH](=O)=O)c2c1C(=O)NCC1(CCOCC1)C2. The van der Waals surface area contributed by atoms with Crippen LogP contribution in [-0.4, -0.2) is 59.7 Å². The summed E-state index contributed by atoms with van der Waals surface area (Å²) in [6.45, 7) is 5.83. The molecule has 1 atom stereocenters. The number of hydrogen-bond acceptors (Lipinski definition) is 6. The Labute approximate surface area is 178 Å². The van der Waals surface area contributed by atoms with Crippen molar-refractivity contribution in [2.24, 2.45) is 5.41 Å². The molecule has 168 valence electrons. The molecular formula is C20H31N3O6S. The van der Waals surface area contributed by atoms with E-state index < -0.39 is 27.8 Å². The summed E-state index contributed by atoms with van der Waals surface area (Å²) in [5, 5.41) is 16.8. The Bertz CT molecular complexity index is 879. The molecule has 2 N–H and O–H groups in total. The van der Waals surface area contributed by atoms with Crippen molar-refractivity contribution in [2.45, 2.75) is 70.1 Å². The maximum absolute atomic E-state index is 12.8. The van der Waals surface area contributed by atoms with Crippen LogP contribution < -0.4 is 5.32 Å². The van der Waals surface area contributed by atoms with E-state index in [2.05, 4.69) is 10.4 Å². The first-order valence-corrected chi connectivity index (χ1v) is 11.7. The first-order chi connectivity index (χ1) is 14.2. The van der Waals surface area contributed by atoms with Crippen molar-refractivity contribution in [3.8, 4) is 0 Å². The number of carbonyl (C=O) groups is 2. The Hall–Kier alpha value is -1.94. The number of rotatable bonds is 8. The van der Waals surface area contributed by atoms with Gasteiger partial charge in [-0.1, -0.05) is 6.92 Å². The first-order valence-electron chi connectivity index (χ1n) is 10.5. The molecule has 0 aromatic carbocycles. The minimum absolute atomic E-state index is 0.0574. The molecule has 1 aromatic rings. The highest BCUT2D eigenvalue weighted by atomic mass is 32.2. The second-order valence-corrected chi connectivity index (χ2v) is 10.3. The third-order valence-corrected chi connectivity index (χ3v) is 7.73. The molecule has 1 aromatic heterocycles. The zero-order chi connectivity index (χ0) is 21.9. The van der Waals surface area contributed by atoms with Crippen molar-refractivity contribution < 1.29 is 27.9 Å². The molecular weight excluding hydrogens is 410 g/mol. The Balaban J connectivity index is 1.84. The number of thiol groups is 1. The van der Waals surface area contributed by atoms with E-state index in [-0.39, 0.29) is 17.7 Å². The van der Waals surface area contributed by atoms with Gasteiger partial charge in [-0.25, -0.2) is 8.42 Å². The highest BCUT2D eigenvalue weighted by molar-refractivity contribution is 7.74. The number of hydrogen-bond donors (Lipinski definition) is 3. The van der Waals surface area contributed by atoms with Crippen LogP contribution in [0.2, 0.25) is 0 Å². The third kappa shape index (κ3) is 4.69. The summed E-state index contributed by atoms with van der Waals surface area (Å²) in [5.74, 6) is -1.23. The van der Waals surface area contributed by atoms with Gasteiger partial charge in [0.2, 0.25) is 0 Å². The van der Waals surface area contributed by atoms with Crippen LogP contribution in [0.4, 0.5) is 0 Å². The number of nitrogens with one attached hydrogen (secondary N) is 1. The summed E-state index contributed by atoms with van der Waals surface area (Å²) in [6.07, 6.45) is 3.34. The molecule has 3 heterocycles. The number of aryl methyl sites for hydroxylation is 2. The highest BCUT2D eigenvalue weighted by Gasteiger charge is 2.39. The van der Waals surface area contributed by atoms with Gasteiger partial charge in [-0.05, 0) is 50.9 Å². The molecule has 1 unspecified atom stereocenters. The van der Waals surface area contributed by atoms with Crippen molar-refractivity contribution in [1.29, 1.82) is 0 Å². The van der Waals surface area contributed by atoms with E-state index in [1.54, 1.807) is 0 Å². The van der Waals surface area contributed by atoms with E-state index in [0.717, 1.165) is 30.7 Å². The average Bonchev–Trinajstić information content (AvgIpc) is 2.96. The van der Waals surface area contributed by atoms with E-state index in [9.17, 15) is 18.0 Å². The predicted octanol–water partition coefficient (Wildman–Crippen LogP) is 1.15. The van der Waals surface area contributed by atoms with Crippen molar-refractivity contribution in [1.82, 2.24) is 15.1 Å². The van der Waals surface area contributed by atoms with Gasteiger partial charge in [-0.15, -0.1) is 0 Å². The smallest absolute Gasteiger partial charge is 0.304 e. The Morgan fingerprint density at radius 3 is 2.67 bits per heavy atom. The Morgan fingerprint density at radius 1 is 1.37 bits per heavy atom. The topological polar surface area (TPSA) is 128 Å². The van der Waals surface area contributed by atoms with Gasteiger partial charge < -0.3 is 15.2 Å². The summed E-state index contributed by atoms with van der Waals surface area (Å²) < 4.78 is 29.4. The average molecular weight is 442 g/mol. The van der Waals surface area contributed by atoms with Crippen LogP contribution in [0.25, 0.3) is 0 Å². The lowest BCUT2D eigenvalue weighted by Crippen LogP contribution is -2.40. The van der Waals surface area contributed by atoms with E-state index >= 15 is 0 Å². The van der Waals surface area contributed by atoms with E-state index in [1.807, 2.05) is 11.6 Å². The molecule has 9 nitrogen and oxygen atoms in total. The largest absolute Gasteiger partial charge is 0.481 e. The molecule has 3 rings (SSSR count). The molecule has 0 radical (unpaired) electrons. The lowest BCUT2D eigenvalue weighted by molar-refractivity contribution is -0.137. The fraction of sp³-hybridized carbons (Fsp3) is 0.750. The van der Waals surface area contributed by atoms with Crippen LogP contribution in [0.1, 0.15) is 67.7 Å². The summed E-state index contributed by atoms with van der Waals surface area (Å²) in [5.41, 5.74) is 2.23. The summed E-state index contributed by atoms with van der Waals surface area (Å²) in [6, 6.07) is 0. The van der Waals surface area contributed by atoms with Gasteiger partial charge in [-0.2, -0.15) is 5.10 Å². The molecule has 1 amide bonds. The Kier molecular flexibility index (Phi) is 6.86. The molecule has 2 aliphatic heterocycles. The van der Waals surface area contributed by atoms with Crippen molar-refractivity contribution in [3.05, 3.63) is 17.0 Å². The van der Waals surface area contributed by atoms with E-state index in [4.69, 9.17) is 9.84 Å². The fourth-order valence-electron chi connectivity index (χ4n) is 4.54. The van der Waals surface area contributed by atoms with Gasteiger partial charge in [0.05, 0.1) is 28.1 Å². The Morgan fingerprint density at radius 2 is 2.07 bits per heavy atom. The molecule has 0 bridgehead atoms. The number of fused-ring (bicyclic) bond motifs is 1. The molecule has 0 saturated carbocycles. The first kappa shape index (κ1) is 22.7. The van der Waals surface area contributed by atoms with Crippen LogP contribution in [0.3, 0.4) is 0 Å². The number of amides is 1. The van der Waals surface area contributed by atoms with Gasteiger partial charge in [0, 0.05) is 26.3 Å². The van der Waals surface area contributed by atoms with Gasteiger partial charge in [0.15, 0.2) is 0 Å². The van der Waals surface area contributed by atoms with Crippen molar-refractivity contribution in [3.63, 3.8) is 0 Å². The van der Waals surface area contributed by atoms with Gasteiger partial charge in [0.25, 0.3) is 5.91 Å². The van der Waals surface area contributed by atoms with Gasteiger partial charge in [0.1, 0.15) is 10.7 Å². The third-order valence-electron chi connectivity index (χ3n) is 6.47. The van der Waals surface area contributed by atoms with Crippen LogP contribution in [-0.2, 0) is 39.6 Å². The molecule has 1 fully saturated rings. The molecule has 10 heteroatoms. The van der Waals surface area contributed by atoms with Crippen molar-refractivity contribution >= 4 is 22.6 Å². The second kappa shape index (κ2) is 9.05. The zero-order valence-corrected chi connectivity index (χ0v) is 18.5. The standard InChI is InChI=1S/C20H31N3O6S/c1-3-14-17-15(11-20(13-21-18(17)26)6-9-29-10-7-20)23(22-14)8-4-5-19(2,30(27)28)12-16(24)25/h30H,3-13H2,1-2H3,(H,21,26)(H,24,25). The van der Waals surface area contributed by atoms with Crippen molar-refractivity contribution in [2.75, 3.05) is 19.8 Å².